The first-order chi connectivity index (χ1) is 7.65. The molecule has 1 saturated heterocycles. The molecule has 1 aliphatic heterocycles. The van der Waals surface area contributed by atoms with E-state index in [2.05, 4.69) is 12.1 Å². The summed E-state index contributed by atoms with van der Waals surface area (Å²) in [6.45, 7) is 4.66. The molecule has 0 unspecified atom stereocenters. The number of hydrogen-bond donors (Lipinski definition) is 1. The van der Waals surface area contributed by atoms with Gasteiger partial charge in [0.05, 0.1) is 11.7 Å². The van der Waals surface area contributed by atoms with E-state index < -0.39 is 0 Å². The molecule has 0 radical (unpaired) electrons. The fourth-order valence-electron chi connectivity index (χ4n) is 2.30. The Hall–Kier alpha value is -1.36. The van der Waals surface area contributed by atoms with Gasteiger partial charge in [-0.05, 0) is 13.3 Å². The van der Waals surface area contributed by atoms with Crippen molar-refractivity contribution in [3.63, 3.8) is 0 Å². The van der Waals surface area contributed by atoms with E-state index in [9.17, 15) is 4.79 Å². The van der Waals surface area contributed by atoms with E-state index >= 15 is 0 Å². The molecule has 0 spiro atoms. The van der Waals surface area contributed by atoms with Crippen molar-refractivity contribution in [2.45, 2.75) is 38.8 Å². The van der Waals surface area contributed by atoms with Crippen molar-refractivity contribution in [1.29, 1.82) is 0 Å². The molecule has 1 aromatic heterocycles. The van der Waals surface area contributed by atoms with Gasteiger partial charge in [0.25, 0.3) is 0 Å². The van der Waals surface area contributed by atoms with Gasteiger partial charge in [-0.2, -0.15) is 0 Å². The lowest BCUT2D eigenvalue weighted by Gasteiger charge is -2.25. The Morgan fingerprint density at radius 2 is 2.44 bits per heavy atom. The minimum absolute atomic E-state index is 0.0706. The minimum atomic E-state index is -0.155. The van der Waals surface area contributed by atoms with E-state index in [0.717, 1.165) is 24.2 Å². The molecule has 0 bridgehead atoms. The van der Waals surface area contributed by atoms with Crippen LogP contribution in [0.25, 0.3) is 0 Å². The number of nitrogens with two attached hydrogens (primary N) is 1. The van der Waals surface area contributed by atoms with Crippen LogP contribution in [0.1, 0.15) is 37.1 Å². The van der Waals surface area contributed by atoms with Gasteiger partial charge in [-0.1, -0.05) is 12.1 Å². The Bertz CT molecular complexity index is 388. The Balaban J connectivity index is 2.30. The van der Waals surface area contributed by atoms with Gasteiger partial charge >= 0.3 is 0 Å². The van der Waals surface area contributed by atoms with Crippen LogP contribution in [0.3, 0.4) is 0 Å². The van der Waals surface area contributed by atoms with Crippen molar-refractivity contribution in [2.75, 3.05) is 6.54 Å². The summed E-state index contributed by atoms with van der Waals surface area (Å²) in [5.74, 6) is 0.125. The van der Waals surface area contributed by atoms with Gasteiger partial charge in [0.15, 0.2) is 0 Å². The number of hydrogen-bond acceptors (Lipinski definition) is 4. The predicted octanol–water partition coefficient (Wildman–Crippen LogP) is 0.994. The van der Waals surface area contributed by atoms with Crippen LogP contribution in [-0.2, 0) is 4.79 Å². The molecule has 1 aliphatic rings. The molecular formula is C11H17N3O2. The van der Waals surface area contributed by atoms with Gasteiger partial charge in [-0.3, -0.25) is 4.79 Å². The predicted molar refractivity (Wildman–Crippen MR) is 58.6 cm³/mol. The highest BCUT2D eigenvalue weighted by atomic mass is 16.5. The molecule has 1 aromatic rings. The van der Waals surface area contributed by atoms with Crippen LogP contribution < -0.4 is 5.73 Å². The Morgan fingerprint density at radius 1 is 1.69 bits per heavy atom. The van der Waals surface area contributed by atoms with Gasteiger partial charge in [0.1, 0.15) is 6.26 Å². The summed E-state index contributed by atoms with van der Waals surface area (Å²) in [5.41, 5.74) is 7.77. The summed E-state index contributed by atoms with van der Waals surface area (Å²) in [6.07, 6.45) is 2.94. The maximum Gasteiger partial charge on any atom is 0.224 e. The first-order valence-corrected chi connectivity index (χ1v) is 5.61. The molecule has 88 valence electrons. The lowest BCUT2D eigenvalue weighted by atomic mass is 10.0. The average Bonchev–Trinajstić information content (AvgIpc) is 2.73. The summed E-state index contributed by atoms with van der Waals surface area (Å²) in [6, 6.07) is -0.226. The highest BCUT2D eigenvalue weighted by Gasteiger charge is 2.39. The smallest absolute Gasteiger partial charge is 0.224 e. The molecule has 0 aromatic carbocycles. The molecule has 2 N–H and O–H groups in total. The fourth-order valence-corrected chi connectivity index (χ4v) is 2.30. The van der Waals surface area contributed by atoms with Crippen molar-refractivity contribution in [3.8, 4) is 0 Å². The first kappa shape index (κ1) is 11.1. The second-order valence-electron chi connectivity index (χ2n) is 4.26. The van der Waals surface area contributed by atoms with Crippen molar-refractivity contribution in [3.05, 3.63) is 17.5 Å². The molecule has 1 amide bonds. The van der Waals surface area contributed by atoms with Crippen LogP contribution in [0.15, 0.2) is 10.8 Å². The molecule has 1 fully saturated rings. The quantitative estimate of drug-likeness (QED) is 0.829. The topological polar surface area (TPSA) is 72.4 Å². The van der Waals surface area contributed by atoms with Gasteiger partial charge in [0, 0.05) is 24.6 Å². The third kappa shape index (κ3) is 1.71. The van der Waals surface area contributed by atoms with Crippen molar-refractivity contribution in [2.24, 2.45) is 5.73 Å². The number of amides is 1. The SMILES string of the molecule is CCCN1C(=O)C[C@H](N)[C@H]1c1conc1C. The zero-order chi connectivity index (χ0) is 11.7. The molecule has 16 heavy (non-hydrogen) atoms. The summed E-state index contributed by atoms with van der Waals surface area (Å²) in [4.78, 5) is 13.6. The second-order valence-corrected chi connectivity index (χ2v) is 4.26. The van der Waals surface area contributed by atoms with Crippen molar-refractivity contribution >= 4 is 5.91 Å². The monoisotopic (exact) mass is 223 g/mol. The van der Waals surface area contributed by atoms with E-state index in [4.69, 9.17) is 10.3 Å². The number of likely N-dealkylation sites (tertiary alicyclic amines) is 1. The average molecular weight is 223 g/mol. The van der Waals surface area contributed by atoms with Gasteiger partial charge in [-0.25, -0.2) is 0 Å². The molecule has 0 aliphatic carbocycles. The summed E-state index contributed by atoms with van der Waals surface area (Å²) in [7, 11) is 0. The molecule has 0 saturated carbocycles. The van der Waals surface area contributed by atoms with Crippen molar-refractivity contribution in [1.82, 2.24) is 10.1 Å². The van der Waals surface area contributed by atoms with Gasteiger partial charge < -0.3 is 15.2 Å². The standard InChI is InChI=1S/C11H17N3O2/c1-3-4-14-10(15)5-9(12)11(14)8-6-16-13-7(8)2/h6,9,11H,3-5,12H2,1-2H3/t9-,11+/m0/s1. The van der Waals surface area contributed by atoms with E-state index in [1.165, 1.54) is 0 Å². The minimum Gasteiger partial charge on any atom is -0.364 e. The highest BCUT2D eigenvalue weighted by Crippen LogP contribution is 2.33. The van der Waals surface area contributed by atoms with E-state index in [0.29, 0.717) is 6.42 Å². The number of carbonyl (C=O) groups is 1. The number of nitrogens with zero attached hydrogens (tertiary/aromatic N) is 2. The van der Waals surface area contributed by atoms with Crippen LogP contribution in [0.2, 0.25) is 0 Å². The Labute approximate surface area is 94.6 Å². The largest absolute Gasteiger partial charge is 0.364 e. The molecule has 5 nitrogen and oxygen atoms in total. The molecule has 2 heterocycles. The van der Waals surface area contributed by atoms with E-state index in [1.807, 2.05) is 11.8 Å². The van der Waals surface area contributed by atoms with E-state index in [-0.39, 0.29) is 18.0 Å². The van der Waals surface area contributed by atoms with Gasteiger partial charge in [-0.15, -0.1) is 0 Å². The van der Waals surface area contributed by atoms with Crippen LogP contribution in [0.4, 0.5) is 0 Å². The van der Waals surface area contributed by atoms with Crippen LogP contribution in [0.5, 0.6) is 0 Å². The first-order valence-electron chi connectivity index (χ1n) is 5.61. The fraction of sp³-hybridized carbons (Fsp3) is 0.636. The molecule has 5 heteroatoms. The molecule has 2 rings (SSSR count). The third-order valence-electron chi connectivity index (χ3n) is 3.04. The van der Waals surface area contributed by atoms with Crippen LogP contribution >= 0.6 is 0 Å². The van der Waals surface area contributed by atoms with Crippen LogP contribution in [-0.4, -0.2) is 28.6 Å². The normalized spacial score (nSPS) is 25.4. The summed E-state index contributed by atoms with van der Waals surface area (Å²) < 4.78 is 4.92. The molecule has 2 atom stereocenters. The lowest BCUT2D eigenvalue weighted by molar-refractivity contribution is -0.129. The highest BCUT2D eigenvalue weighted by molar-refractivity contribution is 5.80. The Morgan fingerprint density at radius 3 is 3.00 bits per heavy atom. The zero-order valence-corrected chi connectivity index (χ0v) is 9.64. The summed E-state index contributed by atoms with van der Waals surface area (Å²) in [5, 5.41) is 3.85. The van der Waals surface area contributed by atoms with Crippen molar-refractivity contribution < 1.29 is 9.32 Å². The van der Waals surface area contributed by atoms with Gasteiger partial charge in [0.2, 0.25) is 5.91 Å². The number of carbonyl (C=O) groups excluding carboxylic acids is 1. The second kappa shape index (κ2) is 4.25. The molecular weight excluding hydrogens is 206 g/mol. The lowest BCUT2D eigenvalue weighted by Crippen LogP contribution is -2.33. The van der Waals surface area contributed by atoms with E-state index in [1.54, 1.807) is 6.26 Å². The maximum atomic E-state index is 11.8. The zero-order valence-electron chi connectivity index (χ0n) is 9.64. The number of aryl methyl sites for hydroxylation is 1. The Kier molecular flexibility index (Phi) is 2.96. The number of aromatic nitrogens is 1. The van der Waals surface area contributed by atoms with Crippen LogP contribution in [0, 0.1) is 6.92 Å². The maximum absolute atomic E-state index is 11.8. The third-order valence-corrected chi connectivity index (χ3v) is 3.04. The summed E-state index contributed by atoms with van der Waals surface area (Å²) >= 11 is 0. The number of rotatable bonds is 3.